The molecule has 0 aliphatic carbocycles. The molecule has 1 aromatic heterocycles. The van der Waals surface area contributed by atoms with Gasteiger partial charge >= 0.3 is 0 Å². The average Bonchev–Trinajstić information content (AvgIpc) is 2.81. The fourth-order valence-corrected chi connectivity index (χ4v) is 2.43. The molecule has 4 heteroatoms. The van der Waals surface area contributed by atoms with Gasteiger partial charge in [-0.15, -0.1) is 0 Å². The van der Waals surface area contributed by atoms with Gasteiger partial charge in [-0.3, -0.25) is 0 Å². The summed E-state index contributed by atoms with van der Waals surface area (Å²) in [4.78, 5) is 7.90. The summed E-state index contributed by atoms with van der Waals surface area (Å²) in [6.45, 7) is 0. The van der Waals surface area contributed by atoms with Crippen molar-refractivity contribution in [1.82, 2.24) is 9.97 Å². The SMILES string of the molecule is COc1ccc2nc(-c3cccc(I)c3)[nH]c2c1. The Morgan fingerprint density at radius 2 is 2.06 bits per heavy atom. The Balaban J connectivity index is 2.13. The molecule has 1 heterocycles. The molecule has 0 unspecified atom stereocenters. The largest absolute Gasteiger partial charge is 0.497 e. The Bertz CT molecular complexity index is 706. The Morgan fingerprint density at radius 3 is 2.83 bits per heavy atom. The van der Waals surface area contributed by atoms with Crippen LogP contribution in [-0.4, -0.2) is 17.1 Å². The number of fused-ring (bicyclic) bond motifs is 1. The summed E-state index contributed by atoms with van der Waals surface area (Å²) in [5.74, 6) is 1.72. The molecule has 0 atom stereocenters. The highest BCUT2D eigenvalue weighted by atomic mass is 127. The van der Waals surface area contributed by atoms with Crippen molar-refractivity contribution in [3.05, 3.63) is 46.0 Å². The maximum absolute atomic E-state index is 5.21. The van der Waals surface area contributed by atoms with Gasteiger partial charge in [-0.1, -0.05) is 12.1 Å². The molecule has 1 N–H and O–H groups in total. The lowest BCUT2D eigenvalue weighted by molar-refractivity contribution is 0.415. The molecule has 0 bridgehead atoms. The lowest BCUT2D eigenvalue weighted by atomic mass is 10.2. The van der Waals surface area contributed by atoms with Crippen LogP contribution < -0.4 is 4.74 Å². The minimum atomic E-state index is 0.834. The van der Waals surface area contributed by atoms with Gasteiger partial charge in [-0.05, 0) is 46.9 Å². The van der Waals surface area contributed by atoms with Crippen LogP contribution in [0.15, 0.2) is 42.5 Å². The van der Waals surface area contributed by atoms with Crippen molar-refractivity contribution in [2.45, 2.75) is 0 Å². The molecule has 0 radical (unpaired) electrons. The predicted octanol–water partition coefficient (Wildman–Crippen LogP) is 3.84. The Kier molecular flexibility index (Phi) is 2.95. The highest BCUT2D eigenvalue weighted by Gasteiger charge is 2.06. The van der Waals surface area contributed by atoms with Crippen molar-refractivity contribution < 1.29 is 4.74 Å². The van der Waals surface area contributed by atoms with Crippen molar-refractivity contribution in [3.63, 3.8) is 0 Å². The van der Waals surface area contributed by atoms with E-state index in [4.69, 9.17) is 4.74 Å². The third kappa shape index (κ3) is 2.08. The van der Waals surface area contributed by atoms with Gasteiger partial charge in [0.2, 0.25) is 0 Å². The van der Waals surface area contributed by atoms with Crippen molar-refractivity contribution in [3.8, 4) is 17.1 Å². The molecule has 0 spiro atoms. The molecule has 0 amide bonds. The van der Waals surface area contributed by atoms with Gasteiger partial charge in [0.25, 0.3) is 0 Å². The van der Waals surface area contributed by atoms with E-state index in [2.05, 4.69) is 50.8 Å². The van der Waals surface area contributed by atoms with Crippen LogP contribution in [0, 0.1) is 3.57 Å². The zero-order valence-electron chi connectivity index (χ0n) is 9.77. The quantitative estimate of drug-likeness (QED) is 0.713. The van der Waals surface area contributed by atoms with E-state index in [0.717, 1.165) is 28.2 Å². The number of H-pyrrole nitrogens is 1. The summed E-state index contributed by atoms with van der Waals surface area (Å²) in [7, 11) is 1.66. The topological polar surface area (TPSA) is 37.9 Å². The van der Waals surface area contributed by atoms with Crippen LogP contribution in [0.25, 0.3) is 22.4 Å². The summed E-state index contributed by atoms with van der Waals surface area (Å²) in [5.41, 5.74) is 3.03. The number of imidazole rings is 1. The third-order valence-corrected chi connectivity index (χ3v) is 3.46. The Morgan fingerprint density at radius 1 is 1.17 bits per heavy atom. The molecule has 0 saturated carbocycles. The molecule has 3 rings (SSSR count). The van der Waals surface area contributed by atoms with Crippen LogP contribution in [-0.2, 0) is 0 Å². The van der Waals surface area contributed by atoms with Crippen LogP contribution in [0.3, 0.4) is 0 Å². The third-order valence-electron chi connectivity index (χ3n) is 2.79. The lowest BCUT2D eigenvalue weighted by Gasteiger charge is -1.97. The normalized spacial score (nSPS) is 10.8. The molecule has 0 aliphatic rings. The Labute approximate surface area is 118 Å². The second kappa shape index (κ2) is 4.61. The van der Waals surface area contributed by atoms with Crippen LogP contribution in [0.5, 0.6) is 5.75 Å². The highest BCUT2D eigenvalue weighted by Crippen LogP contribution is 2.24. The number of nitrogens with one attached hydrogen (secondary N) is 1. The van der Waals surface area contributed by atoms with Crippen molar-refractivity contribution in [2.24, 2.45) is 0 Å². The Hall–Kier alpha value is -1.56. The minimum Gasteiger partial charge on any atom is -0.497 e. The average molecular weight is 350 g/mol. The van der Waals surface area contributed by atoms with Crippen LogP contribution in [0.1, 0.15) is 0 Å². The van der Waals surface area contributed by atoms with Gasteiger partial charge in [0.1, 0.15) is 11.6 Å². The maximum atomic E-state index is 5.21. The monoisotopic (exact) mass is 350 g/mol. The number of hydrogen-bond donors (Lipinski definition) is 1. The van der Waals surface area contributed by atoms with Gasteiger partial charge in [0, 0.05) is 15.2 Å². The van der Waals surface area contributed by atoms with Gasteiger partial charge in [0.05, 0.1) is 18.1 Å². The van der Waals surface area contributed by atoms with Gasteiger partial charge < -0.3 is 9.72 Å². The number of halogens is 1. The van der Waals surface area contributed by atoms with E-state index < -0.39 is 0 Å². The molecule has 0 aliphatic heterocycles. The molecular weight excluding hydrogens is 339 g/mol. The van der Waals surface area contributed by atoms with E-state index >= 15 is 0 Å². The van der Waals surface area contributed by atoms with Crippen molar-refractivity contribution in [2.75, 3.05) is 7.11 Å². The second-order valence-electron chi connectivity index (χ2n) is 3.98. The minimum absolute atomic E-state index is 0.834. The summed E-state index contributed by atoms with van der Waals surface area (Å²) in [5, 5.41) is 0. The van der Waals surface area contributed by atoms with Crippen LogP contribution in [0.2, 0.25) is 0 Å². The van der Waals surface area contributed by atoms with Gasteiger partial charge in [-0.2, -0.15) is 0 Å². The molecular formula is C14H11IN2O. The molecule has 90 valence electrons. The number of aromatic amines is 1. The van der Waals surface area contributed by atoms with Crippen LogP contribution >= 0.6 is 22.6 Å². The molecule has 0 fully saturated rings. The van der Waals surface area contributed by atoms with E-state index in [-0.39, 0.29) is 0 Å². The molecule has 0 saturated heterocycles. The number of rotatable bonds is 2. The fraction of sp³-hybridized carbons (Fsp3) is 0.0714. The van der Waals surface area contributed by atoms with Crippen molar-refractivity contribution in [1.29, 1.82) is 0 Å². The summed E-state index contributed by atoms with van der Waals surface area (Å²) in [6.07, 6.45) is 0. The number of ether oxygens (including phenoxy) is 1. The first-order chi connectivity index (χ1) is 8.76. The standard InChI is InChI=1S/C14H11IN2O/c1-18-11-5-6-12-13(8-11)17-14(16-12)9-3-2-4-10(15)7-9/h2-8H,1H3,(H,16,17). The predicted molar refractivity (Wildman–Crippen MR) is 80.8 cm³/mol. The van der Waals surface area contributed by atoms with Gasteiger partial charge in [0.15, 0.2) is 0 Å². The van der Waals surface area contributed by atoms with E-state index in [9.17, 15) is 0 Å². The fourth-order valence-electron chi connectivity index (χ4n) is 1.89. The van der Waals surface area contributed by atoms with E-state index in [1.54, 1.807) is 7.11 Å². The first kappa shape index (κ1) is 11.5. The molecule has 3 aromatic rings. The van der Waals surface area contributed by atoms with Gasteiger partial charge in [-0.25, -0.2) is 4.98 Å². The maximum Gasteiger partial charge on any atom is 0.138 e. The number of hydrogen-bond acceptors (Lipinski definition) is 2. The smallest absolute Gasteiger partial charge is 0.138 e. The summed E-state index contributed by atoms with van der Waals surface area (Å²) in [6, 6.07) is 14.1. The molecule has 18 heavy (non-hydrogen) atoms. The summed E-state index contributed by atoms with van der Waals surface area (Å²) >= 11 is 2.30. The zero-order chi connectivity index (χ0) is 12.5. The molecule has 2 aromatic carbocycles. The highest BCUT2D eigenvalue weighted by molar-refractivity contribution is 14.1. The van der Waals surface area contributed by atoms with E-state index in [0.29, 0.717) is 0 Å². The van der Waals surface area contributed by atoms with E-state index in [1.807, 2.05) is 24.3 Å². The van der Waals surface area contributed by atoms with Crippen molar-refractivity contribution >= 4 is 33.6 Å². The summed E-state index contributed by atoms with van der Waals surface area (Å²) < 4.78 is 6.40. The number of benzene rings is 2. The van der Waals surface area contributed by atoms with E-state index in [1.165, 1.54) is 3.57 Å². The first-order valence-electron chi connectivity index (χ1n) is 5.56. The zero-order valence-corrected chi connectivity index (χ0v) is 11.9. The first-order valence-corrected chi connectivity index (χ1v) is 6.64. The second-order valence-corrected chi connectivity index (χ2v) is 5.22. The number of aromatic nitrogens is 2. The lowest BCUT2D eigenvalue weighted by Crippen LogP contribution is -1.81. The number of methoxy groups -OCH3 is 1. The number of nitrogens with zero attached hydrogens (tertiary/aromatic N) is 1. The van der Waals surface area contributed by atoms with Crippen LogP contribution in [0.4, 0.5) is 0 Å². The molecule has 3 nitrogen and oxygen atoms in total.